The van der Waals surface area contributed by atoms with Crippen LogP contribution in [0, 0.1) is 0 Å². The van der Waals surface area contributed by atoms with Crippen molar-refractivity contribution in [2.45, 2.75) is 26.3 Å². The van der Waals surface area contributed by atoms with Gasteiger partial charge >= 0.3 is 0 Å². The van der Waals surface area contributed by atoms with Crippen molar-refractivity contribution >= 4 is 16.9 Å². The van der Waals surface area contributed by atoms with Gasteiger partial charge in [-0.3, -0.25) is 0 Å². The van der Waals surface area contributed by atoms with Crippen LogP contribution in [0.4, 0.5) is 0 Å². The van der Waals surface area contributed by atoms with Crippen molar-refractivity contribution in [2.75, 3.05) is 34.4 Å². The minimum absolute atomic E-state index is 0.116. The number of hydrogen-bond acceptors (Lipinski definition) is 5. The number of methoxy groups -OCH3 is 3. The molecule has 8 nitrogen and oxygen atoms in total. The number of nitrogens with one attached hydrogen (secondary N) is 3. The summed E-state index contributed by atoms with van der Waals surface area (Å²) in [6.07, 6.45) is 1.82. The predicted molar refractivity (Wildman–Crippen MR) is 127 cm³/mol. The summed E-state index contributed by atoms with van der Waals surface area (Å²) in [5, 5.41) is 17.6. The number of aliphatic imine (C=N–C) groups is 1. The number of phenolic OH excluding ortho intramolecular Hbond substituents is 1. The smallest absolute Gasteiger partial charge is 0.191 e. The molecule has 8 heteroatoms. The second-order valence-electron chi connectivity index (χ2n) is 7.32. The lowest BCUT2D eigenvalue weighted by molar-refractivity contribution is 0.373. The van der Waals surface area contributed by atoms with Gasteiger partial charge in [0.05, 0.1) is 33.4 Å². The van der Waals surface area contributed by atoms with E-state index in [0.717, 1.165) is 65.6 Å². The first-order valence-corrected chi connectivity index (χ1v) is 10.7. The number of benzene rings is 2. The summed E-state index contributed by atoms with van der Waals surface area (Å²) in [7, 11) is 4.85. The first-order chi connectivity index (χ1) is 15.6. The van der Waals surface area contributed by atoms with E-state index < -0.39 is 0 Å². The highest BCUT2D eigenvalue weighted by Gasteiger charge is 2.09. The van der Waals surface area contributed by atoms with Gasteiger partial charge in [0.1, 0.15) is 11.5 Å². The lowest BCUT2D eigenvalue weighted by Crippen LogP contribution is -2.37. The van der Waals surface area contributed by atoms with E-state index in [1.165, 1.54) is 7.11 Å². The van der Waals surface area contributed by atoms with Gasteiger partial charge in [-0.05, 0) is 43.5 Å². The minimum atomic E-state index is 0.116. The van der Waals surface area contributed by atoms with Gasteiger partial charge in [-0.2, -0.15) is 0 Å². The Morgan fingerprint density at radius 1 is 1.00 bits per heavy atom. The van der Waals surface area contributed by atoms with Crippen molar-refractivity contribution in [1.29, 1.82) is 0 Å². The highest BCUT2D eigenvalue weighted by Crippen LogP contribution is 2.31. The highest BCUT2D eigenvalue weighted by atomic mass is 16.5. The first kappa shape index (κ1) is 23.1. The van der Waals surface area contributed by atoms with E-state index in [4.69, 9.17) is 14.2 Å². The van der Waals surface area contributed by atoms with Crippen LogP contribution in [0.5, 0.6) is 23.0 Å². The number of ether oxygens (including phenoxy) is 3. The lowest BCUT2D eigenvalue weighted by atomic mass is 10.2. The highest BCUT2D eigenvalue weighted by molar-refractivity contribution is 5.88. The zero-order chi connectivity index (χ0) is 22.9. The molecule has 0 atom stereocenters. The summed E-state index contributed by atoms with van der Waals surface area (Å²) in [5.74, 6) is 2.87. The van der Waals surface area contributed by atoms with Gasteiger partial charge in [-0.25, -0.2) is 4.99 Å². The molecule has 0 fully saturated rings. The van der Waals surface area contributed by atoms with E-state index in [1.807, 2.05) is 25.1 Å². The second-order valence-corrected chi connectivity index (χ2v) is 7.32. The average Bonchev–Trinajstić information content (AvgIpc) is 3.22. The van der Waals surface area contributed by atoms with Crippen LogP contribution < -0.4 is 24.8 Å². The second kappa shape index (κ2) is 11.2. The third-order valence-electron chi connectivity index (χ3n) is 5.11. The summed E-state index contributed by atoms with van der Waals surface area (Å²) >= 11 is 0. The number of aromatic nitrogens is 1. The normalized spacial score (nSPS) is 11.4. The molecule has 172 valence electrons. The van der Waals surface area contributed by atoms with Gasteiger partial charge in [0.15, 0.2) is 17.5 Å². The molecule has 32 heavy (non-hydrogen) atoms. The lowest BCUT2D eigenvalue weighted by Gasteiger charge is -2.11. The van der Waals surface area contributed by atoms with Crippen LogP contribution in [-0.4, -0.2) is 50.5 Å². The number of nitrogens with zero attached hydrogens (tertiary/aromatic N) is 1. The SMILES string of the molecule is CCNC(=NCc1ccc(OC)c(O)c1)NCCCc1cc2c(OC)cc(OC)cc2[nH]1. The Bertz CT molecular complexity index is 1060. The number of aryl methyl sites for hydroxylation is 1. The molecule has 0 radical (unpaired) electrons. The van der Waals surface area contributed by atoms with Crippen molar-refractivity contribution in [1.82, 2.24) is 15.6 Å². The van der Waals surface area contributed by atoms with E-state index >= 15 is 0 Å². The molecule has 3 rings (SSSR count). The predicted octanol–water partition coefficient (Wildman–Crippen LogP) is 3.59. The number of phenols is 1. The molecule has 0 saturated carbocycles. The molecule has 0 aliphatic heterocycles. The molecule has 0 spiro atoms. The third kappa shape index (κ3) is 5.78. The summed E-state index contributed by atoms with van der Waals surface area (Å²) in [6.45, 7) is 4.03. The van der Waals surface area contributed by atoms with Crippen molar-refractivity contribution in [3.8, 4) is 23.0 Å². The fourth-order valence-corrected chi connectivity index (χ4v) is 3.49. The number of H-pyrrole nitrogens is 1. The maximum Gasteiger partial charge on any atom is 0.191 e. The van der Waals surface area contributed by atoms with Gasteiger partial charge in [0.25, 0.3) is 0 Å². The van der Waals surface area contributed by atoms with E-state index in [1.54, 1.807) is 26.4 Å². The first-order valence-electron chi connectivity index (χ1n) is 10.7. The molecule has 0 amide bonds. The number of rotatable bonds is 10. The van der Waals surface area contributed by atoms with Gasteiger partial charge < -0.3 is 34.9 Å². The van der Waals surface area contributed by atoms with Crippen LogP contribution in [-0.2, 0) is 13.0 Å². The Morgan fingerprint density at radius 2 is 1.81 bits per heavy atom. The molecule has 0 aliphatic carbocycles. The van der Waals surface area contributed by atoms with Gasteiger partial charge in [-0.15, -0.1) is 0 Å². The van der Waals surface area contributed by atoms with Crippen LogP contribution in [0.1, 0.15) is 24.6 Å². The molecule has 1 heterocycles. The van der Waals surface area contributed by atoms with Gasteiger partial charge in [-0.1, -0.05) is 6.07 Å². The van der Waals surface area contributed by atoms with Crippen LogP contribution in [0.2, 0.25) is 0 Å². The van der Waals surface area contributed by atoms with E-state index in [0.29, 0.717) is 12.3 Å². The van der Waals surface area contributed by atoms with E-state index in [9.17, 15) is 5.11 Å². The average molecular weight is 441 g/mol. The molecule has 0 aliphatic rings. The number of guanidine groups is 1. The van der Waals surface area contributed by atoms with Crippen LogP contribution >= 0.6 is 0 Å². The Balaban J connectivity index is 1.56. The number of hydrogen-bond donors (Lipinski definition) is 4. The largest absolute Gasteiger partial charge is 0.504 e. The number of fused-ring (bicyclic) bond motifs is 1. The quantitative estimate of drug-likeness (QED) is 0.218. The summed E-state index contributed by atoms with van der Waals surface area (Å²) in [6, 6.07) is 11.3. The van der Waals surface area contributed by atoms with Crippen molar-refractivity contribution in [3.63, 3.8) is 0 Å². The van der Waals surface area contributed by atoms with Crippen LogP contribution in [0.3, 0.4) is 0 Å². The zero-order valence-electron chi connectivity index (χ0n) is 19.1. The molecular formula is C24H32N4O4. The van der Waals surface area contributed by atoms with Crippen molar-refractivity contribution < 1.29 is 19.3 Å². The number of aromatic hydroxyl groups is 1. The Morgan fingerprint density at radius 3 is 2.50 bits per heavy atom. The molecule has 4 N–H and O–H groups in total. The molecule has 0 bridgehead atoms. The topological polar surface area (TPSA) is 100 Å². The number of aromatic amines is 1. The van der Waals surface area contributed by atoms with Crippen molar-refractivity contribution in [3.05, 3.63) is 47.7 Å². The van der Waals surface area contributed by atoms with Gasteiger partial charge in [0, 0.05) is 36.3 Å². The van der Waals surface area contributed by atoms with E-state index in [2.05, 4.69) is 26.7 Å². The maximum atomic E-state index is 9.93. The molecule has 1 aromatic heterocycles. The maximum absolute atomic E-state index is 9.93. The summed E-state index contributed by atoms with van der Waals surface area (Å²) in [5.41, 5.74) is 3.05. The Labute approximate surface area is 188 Å². The molecule has 0 unspecified atom stereocenters. The third-order valence-corrected chi connectivity index (χ3v) is 5.11. The Kier molecular flexibility index (Phi) is 8.08. The molecule has 0 saturated heterocycles. The fourth-order valence-electron chi connectivity index (χ4n) is 3.49. The molecule has 3 aromatic rings. The molecule has 2 aromatic carbocycles. The van der Waals surface area contributed by atoms with Gasteiger partial charge in [0.2, 0.25) is 0 Å². The van der Waals surface area contributed by atoms with Crippen LogP contribution in [0.25, 0.3) is 10.9 Å². The summed E-state index contributed by atoms with van der Waals surface area (Å²) < 4.78 is 15.9. The van der Waals surface area contributed by atoms with Crippen molar-refractivity contribution in [2.24, 2.45) is 4.99 Å². The van der Waals surface area contributed by atoms with E-state index in [-0.39, 0.29) is 5.75 Å². The summed E-state index contributed by atoms with van der Waals surface area (Å²) in [4.78, 5) is 8.06. The van der Waals surface area contributed by atoms with Crippen LogP contribution in [0.15, 0.2) is 41.4 Å². The molecular weight excluding hydrogens is 408 g/mol. The fraction of sp³-hybridized carbons (Fsp3) is 0.375. The standard InChI is InChI=1S/C24H32N4O4/c1-5-25-24(27-15-16-8-9-22(31-3)21(29)11-16)26-10-6-7-17-12-19-20(28-17)13-18(30-2)14-23(19)32-4/h8-9,11-14,28-29H,5-7,10,15H2,1-4H3,(H2,25,26,27). The zero-order valence-corrected chi connectivity index (χ0v) is 19.1. The monoisotopic (exact) mass is 440 g/mol. The minimum Gasteiger partial charge on any atom is -0.504 e. The Hall–Kier alpha value is -3.55.